The maximum atomic E-state index is 12.3. The largest absolute Gasteiger partial charge is 0.484 e. The SMILES string of the molecule is Cc1cccc(NC(=O)NCC2CCN(C(=O)COc3ccccc3)CC2)c1. The predicted molar refractivity (Wildman–Crippen MR) is 109 cm³/mol. The number of aryl methyl sites for hydroxylation is 1. The summed E-state index contributed by atoms with van der Waals surface area (Å²) in [6, 6.07) is 16.9. The molecule has 1 fully saturated rings. The molecule has 0 unspecified atom stereocenters. The Morgan fingerprint density at radius 2 is 1.82 bits per heavy atom. The average molecular weight is 381 g/mol. The number of ether oxygens (including phenoxy) is 1. The van der Waals surface area contributed by atoms with Crippen molar-refractivity contribution in [3.63, 3.8) is 0 Å². The van der Waals surface area contributed by atoms with E-state index in [0.717, 1.165) is 24.1 Å². The van der Waals surface area contributed by atoms with Gasteiger partial charge in [-0.15, -0.1) is 0 Å². The average Bonchev–Trinajstić information content (AvgIpc) is 2.72. The zero-order valence-corrected chi connectivity index (χ0v) is 16.2. The summed E-state index contributed by atoms with van der Waals surface area (Å²) >= 11 is 0. The van der Waals surface area contributed by atoms with Crippen LogP contribution in [0, 0.1) is 12.8 Å². The van der Waals surface area contributed by atoms with E-state index in [1.54, 1.807) is 0 Å². The van der Waals surface area contributed by atoms with Crippen molar-refractivity contribution in [2.75, 3.05) is 31.6 Å². The van der Waals surface area contributed by atoms with Gasteiger partial charge in [0.25, 0.3) is 5.91 Å². The number of carbonyl (C=O) groups is 2. The fraction of sp³-hybridized carbons (Fsp3) is 0.364. The number of benzene rings is 2. The fourth-order valence-electron chi connectivity index (χ4n) is 3.27. The Morgan fingerprint density at radius 3 is 2.54 bits per heavy atom. The first kappa shape index (κ1) is 19.7. The van der Waals surface area contributed by atoms with Crippen LogP contribution in [-0.2, 0) is 4.79 Å². The second kappa shape index (κ2) is 9.78. The maximum absolute atomic E-state index is 12.3. The van der Waals surface area contributed by atoms with Crippen LogP contribution in [0.15, 0.2) is 54.6 Å². The molecule has 0 saturated carbocycles. The van der Waals surface area contributed by atoms with Crippen molar-refractivity contribution in [2.45, 2.75) is 19.8 Å². The number of para-hydroxylation sites is 1. The molecule has 2 aromatic rings. The molecule has 0 radical (unpaired) electrons. The highest BCUT2D eigenvalue weighted by Gasteiger charge is 2.23. The number of carbonyl (C=O) groups excluding carboxylic acids is 2. The van der Waals surface area contributed by atoms with Gasteiger partial charge in [0.2, 0.25) is 0 Å². The third-order valence-corrected chi connectivity index (χ3v) is 4.90. The lowest BCUT2D eigenvalue weighted by molar-refractivity contribution is -0.134. The minimum absolute atomic E-state index is 0.00690. The van der Waals surface area contributed by atoms with E-state index in [-0.39, 0.29) is 18.5 Å². The van der Waals surface area contributed by atoms with Crippen molar-refractivity contribution in [3.05, 3.63) is 60.2 Å². The molecule has 3 amide bonds. The summed E-state index contributed by atoms with van der Waals surface area (Å²) in [5, 5.41) is 5.78. The number of likely N-dealkylation sites (tertiary alicyclic amines) is 1. The number of amides is 3. The smallest absolute Gasteiger partial charge is 0.319 e. The molecule has 6 nitrogen and oxygen atoms in total. The lowest BCUT2D eigenvalue weighted by Crippen LogP contribution is -2.43. The molecule has 2 aromatic carbocycles. The molecule has 0 aliphatic carbocycles. The Bertz CT molecular complexity index is 787. The van der Waals surface area contributed by atoms with Gasteiger partial charge in [-0.3, -0.25) is 4.79 Å². The maximum Gasteiger partial charge on any atom is 0.319 e. The van der Waals surface area contributed by atoms with Crippen molar-refractivity contribution in [1.82, 2.24) is 10.2 Å². The van der Waals surface area contributed by atoms with Crippen LogP contribution in [0.25, 0.3) is 0 Å². The van der Waals surface area contributed by atoms with Gasteiger partial charge in [0.05, 0.1) is 0 Å². The third-order valence-electron chi connectivity index (χ3n) is 4.90. The van der Waals surface area contributed by atoms with Crippen molar-refractivity contribution in [3.8, 4) is 5.75 Å². The van der Waals surface area contributed by atoms with Crippen LogP contribution in [0.1, 0.15) is 18.4 Å². The van der Waals surface area contributed by atoms with Crippen molar-refractivity contribution >= 4 is 17.6 Å². The second-order valence-electron chi connectivity index (χ2n) is 7.13. The molecule has 1 aliphatic heterocycles. The Morgan fingerprint density at radius 1 is 1.07 bits per heavy atom. The second-order valence-corrected chi connectivity index (χ2v) is 7.13. The number of urea groups is 1. The molecule has 0 atom stereocenters. The number of rotatable bonds is 6. The van der Waals surface area contributed by atoms with Gasteiger partial charge in [-0.1, -0.05) is 30.3 Å². The van der Waals surface area contributed by atoms with Gasteiger partial charge in [-0.2, -0.15) is 0 Å². The highest BCUT2D eigenvalue weighted by molar-refractivity contribution is 5.89. The van der Waals surface area contributed by atoms with E-state index in [1.807, 2.05) is 66.4 Å². The molecule has 1 saturated heterocycles. The molecule has 3 rings (SSSR count). The van der Waals surface area contributed by atoms with Gasteiger partial charge in [-0.05, 0) is 55.5 Å². The molecule has 28 heavy (non-hydrogen) atoms. The summed E-state index contributed by atoms with van der Waals surface area (Å²) in [5.41, 5.74) is 1.89. The molecular weight excluding hydrogens is 354 g/mol. The third kappa shape index (κ3) is 6.01. The van der Waals surface area contributed by atoms with Crippen LogP contribution in [0.3, 0.4) is 0 Å². The first-order chi connectivity index (χ1) is 13.6. The first-order valence-corrected chi connectivity index (χ1v) is 9.67. The predicted octanol–water partition coefficient (Wildman–Crippen LogP) is 3.43. The number of nitrogens with zero attached hydrogens (tertiary/aromatic N) is 1. The summed E-state index contributed by atoms with van der Waals surface area (Å²) in [6.07, 6.45) is 1.75. The molecule has 2 N–H and O–H groups in total. The van der Waals surface area contributed by atoms with Crippen LogP contribution >= 0.6 is 0 Å². The monoisotopic (exact) mass is 381 g/mol. The summed E-state index contributed by atoms with van der Waals surface area (Å²) in [6.45, 7) is 4.06. The lowest BCUT2D eigenvalue weighted by Gasteiger charge is -2.32. The minimum Gasteiger partial charge on any atom is -0.484 e. The Balaban J connectivity index is 1.34. The minimum atomic E-state index is -0.194. The van der Waals surface area contributed by atoms with Gasteiger partial charge in [-0.25, -0.2) is 4.79 Å². The molecule has 0 bridgehead atoms. The Hall–Kier alpha value is -3.02. The van der Waals surface area contributed by atoms with E-state index in [0.29, 0.717) is 31.3 Å². The van der Waals surface area contributed by atoms with Gasteiger partial charge < -0.3 is 20.3 Å². The normalized spacial score (nSPS) is 14.4. The molecule has 1 aliphatic rings. The quantitative estimate of drug-likeness (QED) is 0.805. The zero-order valence-electron chi connectivity index (χ0n) is 16.2. The van der Waals surface area contributed by atoms with E-state index in [4.69, 9.17) is 4.74 Å². The molecule has 0 spiro atoms. The molecule has 1 heterocycles. The van der Waals surface area contributed by atoms with Gasteiger partial charge in [0.15, 0.2) is 6.61 Å². The van der Waals surface area contributed by atoms with Crippen LogP contribution < -0.4 is 15.4 Å². The molecule has 6 heteroatoms. The van der Waals surface area contributed by atoms with Crippen LogP contribution in [0.4, 0.5) is 10.5 Å². The van der Waals surface area contributed by atoms with Gasteiger partial charge >= 0.3 is 6.03 Å². The number of hydrogen-bond donors (Lipinski definition) is 2. The Kier molecular flexibility index (Phi) is 6.89. The number of hydrogen-bond acceptors (Lipinski definition) is 3. The van der Waals surface area contributed by atoms with Crippen molar-refractivity contribution in [1.29, 1.82) is 0 Å². The van der Waals surface area contributed by atoms with Crippen molar-refractivity contribution in [2.24, 2.45) is 5.92 Å². The van der Waals surface area contributed by atoms with Crippen LogP contribution in [0.2, 0.25) is 0 Å². The van der Waals surface area contributed by atoms with Crippen molar-refractivity contribution < 1.29 is 14.3 Å². The highest BCUT2D eigenvalue weighted by Crippen LogP contribution is 2.17. The molecule has 148 valence electrons. The zero-order chi connectivity index (χ0) is 19.8. The van der Waals surface area contributed by atoms with Gasteiger partial charge in [0.1, 0.15) is 5.75 Å². The fourth-order valence-corrected chi connectivity index (χ4v) is 3.27. The number of piperidine rings is 1. The number of nitrogens with one attached hydrogen (secondary N) is 2. The summed E-state index contributed by atoms with van der Waals surface area (Å²) in [5.74, 6) is 1.09. The Labute approximate surface area is 165 Å². The number of anilines is 1. The van der Waals surface area contributed by atoms with Gasteiger partial charge in [0, 0.05) is 25.3 Å². The van der Waals surface area contributed by atoms with E-state index in [9.17, 15) is 9.59 Å². The standard InChI is InChI=1S/C22H27N3O3/c1-17-6-5-7-19(14-17)24-22(27)23-15-18-10-12-25(13-11-18)21(26)16-28-20-8-3-2-4-9-20/h2-9,14,18H,10-13,15-16H2,1H3,(H2,23,24,27). The van der Waals surface area contributed by atoms with E-state index in [2.05, 4.69) is 10.6 Å². The molecule has 0 aromatic heterocycles. The van der Waals surface area contributed by atoms with Crippen LogP contribution in [-0.4, -0.2) is 43.1 Å². The van der Waals surface area contributed by atoms with E-state index < -0.39 is 0 Å². The summed E-state index contributed by atoms with van der Waals surface area (Å²) in [7, 11) is 0. The van der Waals surface area contributed by atoms with E-state index in [1.165, 1.54) is 0 Å². The lowest BCUT2D eigenvalue weighted by atomic mass is 9.97. The first-order valence-electron chi connectivity index (χ1n) is 9.67. The molecular formula is C22H27N3O3. The highest BCUT2D eigenvalue weighted by atomic mass is 16.5. The topological polar surface area (TPSA) is 70.7 Å². The summed E-state index contributed by atoms with van der Waals surface area (Å²) in [4.78, 5) is 26.2. The van der Waals surface area contributed by atoms with E-state index >= 15 is 0 Å². The summed E-state index contributed by atoms with van der Waals surface area (Å²) < 4.78 is 5.54. The van der Waals surface area contributed by atoms with Crippen LogP contribution in [0.5, 0.6) is 5.75 Å².